The first-order chi connectivity index (χ1) is 8.19. The molecule has 0 atom stereocenters. The summed E-state index contributed by atoms with van der Waals surface area (Å²) in [7, 11) is 1.94. The number of nitrogens with zero attached hydrogens (tertiary/aromatic N) is 2. The van der Waals surface area contributed by atoms with E-state index in [0.29, 0.717) is 6.54 Å². The number of hydrogen-bond acceptors (Lipinski definition) is 1. The number of carbonyl (C=O) groups excluding carboxylic acids is 1. The number of aromatic nitrogens is 2. The smallest absolute Gasteiger partial charge is 0.243 e. The van der Waals surface area contributed by atoms with Crippen LogP contribution in [0.2, 0.25) is 0 Å². The number of hydrogen-bond donors (Lipinski definition) is 0. The minimum atomic E-state index is 0. The van der Waals surface area contributed by atoms with Gasteiger partial charge in [0.2, 0.25) is 12.1 Å². The van der Waals surface area contributed by atoms with Crippen LogP contribution in [-0.2, 0) is 20.0 Å². The number of Topliss-reactive ketones (excluding diaryl/α,β-unsaturated/α-hetero) is 1. The summed E-state index contributed by atoms with van der Waals surface area (Å²) in [5, 5.41) is 0. The Kier molecular flexibility index (Phi) is 5.28. The molecule has 1 aromatic heterocycles. The van der Waals surface area contributed by atoms with Gasteiger partial charge in [0.1, 0.15) is 12.4 Å². The minimum Gasteiger partial charge on any atom is -1.00 e. The van der Waals surface area contributed by atoms with Crippen molar-refractivity contribution >= 4 is 5.78 Å². The first-order valence-corrected chi connectivity index (χ1v) is 5.82. The molecule has 0 unspecified atom stereocenters. The average Bonchev–Trinajstić information content (AvgIpc) is 2.75. The van der Waals surface area contributed by atoms with E-state index >= 15 is 0 Å². The van der Waals surface area contributed by atoms with E-state index in [4.69, 9.17) is 0 Å². The molecule has 0 saturated heterocycles. The predicted molar refractivity (Wildman–Crippen MR) is 65.8 cm³/mol. The fourth-order valence-electron chi connectivity index (χ4n) is 1.78. The van der Waals surface area contributed by atoms with Crippen LogP contribution in [-0.4, -0.2) is 10.4 Å². The third-order valence-corrected chi connectivity index (χ3v) is 2.83. The van der Waals surface area contributed by atoms with Crippen LogP contribution in [0.1, 0.15) is 22.8 Å². The van der Waals surface area contributed by atoms with Gasteiger partial charge >= 0.3 is 0 Å². The Hall–Kier alpha value is -1.42. The number of aryl methyl sites for hydroxylation is 2. The summed E-state index contributed by atoms with van der Waals surface area (Å²) < 4.78 is 3.81. The normalized spacial score (nSPS) is 9.89. The van der Waals surface area contributed by atoms with Crippen molar-refractivity contribution in [1.82, 2.24) is 4.57 Å². The number of rotatable bonds is 4. The van der Waals surface area contributed by atoms with Crippen molar-refractivity contribution in [3.05, 3.63) is 54.1 Å². The molecule has 2 rings (SSSR count). The van der Waals surface area contributed by atoms with E-state index in [1.54, 1.807) is 0 Å². The maximum atomic E-state index is 12.0. The van der Waals surface area contributed by atoms with Gasteiger partial charge in [-0.25, -0.2) is 9.13 Å². The van der Waals surface area contributed by atoms with Gasteiger partial charge in [0.05, 0.1) is 7.05 Å². The molecule has 0 amide bonds. The van der Waals surface area contributed by atoms with E-state index in [1.165, 1.54) is 5.56 Å². The molecular weight excluding hydrogens is 292 g/mol. The van der Waals surface area contributed by atoms with Crippen molar-refractivity contribution < 1.29 is 26.3 Å². The molecule has 0 aliphatic carbocycles. The van der Waals surface area contributed by atoms with Gasteiger partial charge in [-0.2, -0.15) is 0 Å². The van der Waals surface area contributed by atoms with Gasteiger partial charge in [0, 0.05) is 5.56 Å². The standard InChI is InChI=1S/C14H17N2O.BrH/c1-3-12-4-6-13(7-5-12)14(17)10-16-9-8-15(2)11-16;/h4-9,11H,3,10H2,1-2H3;1H/q+1;/p-1. The molecule has 2 aromatic rings. The Labute approximate surface area is 118 Å². The van der Waals surface area contributed by atoms with Crippen molar-refractivity contribution in [2.75, 3.05) is 0 Å². The second-order valence-electron chi connectivity index (χ2n) is 4.23. The summed E-state index contributed by atoms with van der Waals surface area (Å²) in [6, 6.07) is 7.85. The molecule has 0 fully saturated rings. The first-order valence-electron chi connectivity index (χ1n) is 5.82. The van der Waals surface area contributed by atoms with E-state index in [-0.39, 0.29) is 22.8 Å². The third-order valence-electron chi connectivity index (χ3n) is 2.83. The molecule has 1 aromatic carbocycles. The van der Waals surface area contributed by atoms with Crippen LogP contribution >= 0.6 is 0 Å². The number of benzene rings is 1. The van der Waals surface area contributed by atoms with E-state index in [1.807, 2.05) is 59.2 Å². The number of imidazole rings is 1. The van der Waals surface area contributed by atoms with Gasteiger partial charge < -0.3 is 17.0 Å². The Morgan fingerprint density at radius 1 is 1.28 bits per heavy atom. The summed E-state index contributed by atoms with van der Waals surface area (Å²) in [4.78, 5) is 12.0. The summed E-state index contributed by atoms with van der Waals surface area (Å²) in [6.45, 7) is 2.50. The van der Waals surface area contributed by atoms with Gasteiger partial charge in [-0.05, 0) is 12.0 Å². The second-order valence-corrected chi connectivity index (χ2v) is 4.23. The SMILES string of the molecule is CCc1ccc(C(=O)Cn2cc[n+](C)c2)cc1.[Br-]. The summed E-state index contributed by atoms with van der Waals surface area (Å²) in [5.41, 5.74) is 2.03. The van der Waals surface area contributed by atoms with Crippen molar-refractivity contribution in [2.45, 2.75) is 19.9 Å². The lowest BCUT2D eigenvalue weighted by atomic mass is 10.1. The van der Waals surface area contributed by atoms with Crippen LogP contribution in [0.4, 0.5) is 0 Å². The van der Waals surface area contributed by atoms with Gasteiger partial charge in [-0.3, -0.25) is 4.79 Å². The summed E-state index contributed by atoms with van der Waals surface area (Å²) in [6.07, 6.45) is 6.73. The quantitative estimate of drug-likeness (QED) is 0.513. The highest BCUT2D eigenvalue weighted by Gasteiger charge is 2.10. The molecular formula is C14H17BrN2O. The Morgan fingerprint density at radius 2 is 1.94 bits per heavy atom. The van der Waals surface area contributed by atoms with E-state index in [9.17, 15) is 4.79 Å². The van der Waals surface area contributed by atoms with Gasteiger partial charge in [0.25, 0.3) is 0 Å². The summed E-state index contributed by atoms with van der Waals surface area (Å²) in [5.74, 6) is 0.142. The number of halogens is 1. The molecule has 3 nitrogen and oxygen atoms in total. The lowest BCUT2D eigenvalue weighted by Crippen LogP contribution is -3.00. The number of ketones is 1. The highest BCUT2D eigenvalue weighted by atomic mass is 79.9. The van der Waals surface area contributed by atoms with Crippen molar-refractivity contribution in [3.8, 4) is 0 Å². The first kappa shape index (κ1) is 14.6. The zero-order valence-electron chi connectivity index (χ0n) is 10.6. The van der Waals surface area contributed by atoms with Crippen LogP contribution in [0.3, 0.4) is 0 Å². The molecule has 0 spiro atoms. The molecule has 96 valence electrons. The summed E-state index contributed by atoms with van der Waals surface area (Å²) >= 11 is 0. The van der Waals surface area contributed by atoms with Crippen LogP contribution < -0.4 is 21.5 Å². The maximum absolute atomic E-state index is 12.0. The fraction of sp³-hybridized carbons (Fsp3) is 0.286. The fourth-order valence-corrected chi connectivity index (χ4v) is 1.78. The van der Waals surface area contributed by atoms with E-state index in [0.717, 1.165) is 12.0 Å². The van der Waals surface area contributed by atoms with Crippen LogP contribution in [0.15, 0.2) is 43.0 Å². The predicted octanol–water partition coefficient (Wildman–Crippen LogP) is -1.24. The number of carbonyl (C=O) groups is 1. The lowest BCUT2D eigenvalue weighted by Gasteiger charge is -2.00. The zero-order chi connectivity index (χ0) is 12.3. The highest BCUT2D eigenvalue weighted by Crippen LogP contribution is 2.06. The molecule has 0 radical (unpaired) electrons. The molecule has 0 bridgehead atoms. The Morgan fingerprint density at radius 3 is 2.44 bits per heavy atom. The molecule has 18 heavy (non-hydrogen) atoms. The zero-order valence-corrected chi connectivity index (χ0v) is 12.2. The van der Waals surface area contributed by atoms with Gasteiger partial charge in [-0.1, -0.05) is 31.2 Å². The van der Waals surface area contributed by atoms with Crippen LogP contribution in [0.25, 0.3) is 0 Å². The molecule has 4 heteroatoms. The molecule has 0 aliphatic rings. The topological polar surface area (TPSA) is 25.9 Å². The minimum absolute atomic E-state index is 0. The van der Waals surface area contributed by atoms with Crippen molar-refractivity contribution in [3.63, 3.8) is 0 Å². The van der Waals surface area contributed by atoms with Crippen molar-refractivity contribution in [2.24, 2.45) is 7.05 Å². The Bertz CT molecular complexity index is 517. The third kappa shape index (κ3) is 3.53. The van der Waals surface area contributed by atoms with Crippen molar-refractivity contribution in [1.29, 1.82) is 0 Å². The monoisotopic (exact) mass is 308 g/mol. The lowest BCUT2D eigenvalue weighted by molar-refractivity contribution is -0.671. The molecule has 0 saturated carbocycles. The molecule has 0 aliphatic heterocycles. The van der Waals surface area contributed by atoms with Gasteiger partial charge in [0.15, 0.2) is 6.54 Å². The van der Waals surface area contributed by atoms with E-state index < -0.39 is 0 Å². The largest absolute Gasteiger partial charge is 1.00 e. The van der Waals surface area contributed by atoms with E-state index in [2.05, 4.69) is 6.92 Å². The van der Waals surface area contributed by atoms with Crippen LogP contribution in [0, 0.1) is 0 Å². The molecule has 1 heterocycles. The average molecular weight is 309 g/mol. The Balaban J connectivity index is 0.00000162. The van der Waals surface area contributed by atoms with Crippen LogP contribution in [0.5, 0.6) is 0 Å². The maximum Gasteiger partial charge on any atom is 0.243 e. The second kappa shape index (κ2) is 6.50. The van der Waals surface area contributed by atoms with Gasteiger partial charge in [-0.15, -0.1) is 0 Å². The molecule has 0 N–H and O–H groups in total. The highest BCUT2D eigenvalue weighted by molar-refractivity contribution is 5.95.